The van der Waals surface area contributed by atoms with Gasteiger partial charge in [0.1, 0.15) is 0 Å². The van der Waals surface area contributed by atoms with E-state index in [9.17, 15) is 4.79 Å². The minimum atomic E-state index is -0.556. The van der Waals surface area contributed by atoms with Crippen molar-refractivity contribution in [1.82, 2.24) is 5.32 Å². The van der Waals surface area contributed by atoms with Crippen molar-refractivity contribution < 1.29 is 9.53 Å². The van der Waals surface area contributed by atoms with Gasteiger partial charge in [-0.15, -0.1) is 0 Å². The lowest BCUT2D eigenvalue weighted by Crippen LogP contribution is -2.49. The maximum absolute atomic E-state index is 12.0. The Labute approximate surface area is 125 Å². The zero-order valence-corrected chi connectivity index (χ0v) is 13.2. The molecule has 20 heavy (non-hydrogen) atoms. The van der Waals surface area contributed by atoms with Crippen LogP contribution in [-0.2, 0) is 9.53 Å². The monoisotopic (exact) mass is 298 g/mol. The van der Waals surface area contributed by atoms with Gasteiger partial charge in [0.2, 0.25) is 5.91 Å². The molecule has 1 aromatic carbocycles. The molecule has 0 saturated heterocycles. The molecule has 0 aliphatic rings. The van der Waals surface area contributed by atoms with Crippen molar-refractivity contribution in [3.63, 3.8) is 0 Å². The van der Waals surface area contributed by atoms with Crippen LogP contribution in [0.5, 0.6) is 0 Å². The van der Waals surface area contributed by atoms with Crippen molar-refractivity contribution in [2.75, 3.05) is 13.7 Å². The van der Waals surface area contributed by atoms with Gasteiger partial charge in [-0.1, -0.05) is 44.5 Å². The number of benzene rings is 1. The molecular formula is C15H23ClN2O2. The lowest BCUT2D eigenvalue weighted by atomic mass is 9.87. The summed E-state index contributed by atoms with van der Waals surface area (Å²) in [6.07, 6.45) is -0.246. The number of carbonyl (C=O) groups excluding carboxylic acids is 1. The number of rotatable bonds is 5. The summed E-state index contributed by atoms with van der Waals surface area (Å²) in [5.74, 6) is -0.179. The Kier molecular flexibility index (Phi) is 5.99. The molecule has 0 aromatic heterocycles. The minimum absolute atomic E-state index is 0.179. The van der Waals surface area contributed by atoms with Crippen LogP contribution in [0.2, 0.25) is 5.02 Å². The van der Waals surface area contributed by atoms with Gasteiger partial charge < -0.3 is 15.8 Å². The first-order valence-electron chi connectivity index (χ1n) is 6.57. The number of carbonyl (C=O) groups is 1. The van der Waals surface area contributed by atoms with E-state index in [0.717, 1.165) is 5.56 Å². The van der Waals surface area contributed by atoms with E-state index in [1.165, 1.54) is 0 Å². The van der Waals surface area contributed by atoms with Gasteiger partial charge in [0.15, 0.2) is 0 Å². The maximum Gasteiger partial charge on any atom is 0.237 e. The zero-order valence-electron chi connectivity index (χ0n) is 12.4. The Balaban J connectivity index is 2.65. The smallest absolute Gasteiger partial charge is 0.237 e. The highest BCUT2D eigenvalue weighted by molar-refractivity contribution is 6.30. The van der Waals surface area contributed by atoms with Gasteiger partial charge in [-0.05, 0) is 23.1 Å². The van der Waals surface area contributed by atoms with Crippen LogP contribution >= 0.6 is 11.6 Å². The third-order valence-electron chi connectivity index (χ3n) is 3.18. The first kappa shape index (κ1) is 17.0. The number of ether oxygens (including phenoxy) is 1. The Morgan fingerprint density at radius 2 is 2.10 bits per heavy atom. The van der Waals surface area contributed by atoms with Gasteiger partial charge in [0.05, 0.1) is 12.1 Å². The van der Waals surface area contributed by atoms with E-state index in [2.05, 4.69) is 5.32 Å². The van der Waals surface area contributed by atoms with Crippen LogP contribution in [0.15, 0.2) is 24.3 Å². The summed E-state index contributed by atoms with van der Waals surface area (Å²) in [7, 11) is 1.60. The van der Waals surface area contributed by atoms with E-state index in [4.69, 9.17) is 22.1 Å². The van der Waals surface area contributed by atoms with Crippen molar-refractivity contribution in [3.8, 4) is 0 Å². The van der Waals surface area contributed by atoms with Crippen molar-refractivity contribution in [2.24, 2.45) is 11.1 Å². The number of hydrogen-bond acceptors (Lipinski definition) is 3. The largest absolute Gasteiger partial charge is 0.375 e. The Morgan fingerprint density at radius 1 is 1.45 bits per heavy atom. The number of nitrogens with two attached hydrogens (primary N) is 1. The SMILES string of the molecule is COC(CNC(=O)[C@@H](N)C(C)(C)C)c1cccc(Cl)c1. The number of hydrogen-bond donors (Lipinski definition) is 2. The van der Waals surface area contributed by atoms with E-state index in [1.807, 2.05) is 39.0 Å². The van der Waals surface area contributed by atoms with E-state index < -0.39 is 6.04 Å². The zero-order chi connectivity index (χ0) is 15.3. The fourth-order valence-corrected chi connectivity index (χ4v) is 1.94. The van der Waals surface area contributed by atoms with Gasteiger partial charge in [0.25, 0.3) is 0 Å². The molecule has 3 N–H and O–H groups in total. The van der Waals surface area contributed by atoms with Crippen LogP contribution in [0.3, 0.4) is 0 Å². The highest BCUT2D eigenvalue weighted by Crippen LogP contribution is 2.21. The van der Waals surface area contributed by atoms with Crippen LogP contribution in [0.25, 0.3) is 0 Å². The number of methoxy groups -OCH3 is 1. The average Bonchev–Trinajstić information content (AvgIpc) is 2.37. The van der Waals surface area contributed by atoms with Crippen LogP contribution in [0, 0.1) is 5.41 Å². The van der Waals surface area contributed by atoms with Crippen molar-refractivity contribution >= 4 is 17.5 Å². The van der Waals surface area contributed by atoms with Gasteiger partial charge in [0, 0.05) is 18.7 Å². The second-order valence-electron chi connectivity index (χ2n) is 5.87. The van der Waals surface area contributed by atoms with Crippen LogP contribution < -0.4 is 11.1 Å². The summed E-state index contributed by atoms with van der Waals surface area (Å²) in [6.45, 7) is 6.16. The second-order valence-corrected chi connectivity index (χ2v) is 6.30. The molecule has 4 nitrogen and oxygen atoms in total. The van der Waals surface area contributed by atoms with E-state index in [0.29, 0.717) is 11.6 Å². The van der Waals surface area contributed by atoms with Gasteiger partial charge in [-0.3, -0.25) is 4.79 Å². The summed E-state index contributed by atoms with van der Waals surface area (Å²) in [5.41, 5.74) is 6.56. The quantitative estimate of drug-likeness (QED) is 0.878. The van der Waals surface area contributed by atoms with E-state index in [1.54, 1.807) is 13.2 Å². The third-order valence-corrected chi connectivity index (χ3v) is 3.42. The van der Waals surface area contributed by atoms with E-state index >= 15 is 0 Å². The number of amides is 1. The topological polar surface area (TPSA) is 64.3 Å². The molecule has 1 aromatic rings. The lowest BCUT2D eigenvalue weighted by molar-refractivity contribution is -0.125. The molecule has 2 atom stereocenters. The predicted octanol–water partition coefficient (Wildman–Crippen LogP) is 2.52. The average molecular weight is 299 g/mol. The van der Waals surface area contributed by atoms with Crippen molar-refractivity contribution in [1.29, 1.82) is 0 Å². The van der Waals surface area contributed by atoms with Gasteiger partial charge >= 0.3 is 0 Å². The first-order chi connectivity index (χ1) is 9.25. The molecule has 1 unspecified atom stereocenters. The maximum atomic E-state index is 12.0. The fraction of sp³-hybridized carbons (Fsp3) is 0.533. The molecule has 5 heteroatoms. The standard InChI is InChI=1S/C15H23ClN2O2/c1-15(2,3)13(17)14(19)18-9-12(20-4)10-6-5-7-11(16)8-10/h5-8,12-13H,9,17H2,1-4H3,(H,18,19)/t12?,13-/m1/s1. The van der Waals surface area contributed by atoms with Crippen molar-refractivity contribution in [2.45, 2.75) is 32.9 Å². The molecule has 0 bridgehead atoms. The molecule has 0 saturated carbocycles. The molecule has 0 heterocycles. The molecule has 0 radical (unpaired) electrons. The normalized spacial score (nSPS) is 14.7. The molecular weight excluding hydrogens is 276 g/mol. The van der Waals surface area contributed by atoms with Gasteiger partial charge in [-0.2, -0.15) is 0 Å². The molecule has 112 valence electrons. The first-order valence-corrected chi connectivity index (χ1v) is 6.95. The Hall–Kier alpha value is -1.10. The number of halogens is 1. The highest BCUT2D eigenvalue weighted by atomic mass is 35.5. The summed E-state index contributed by atoms with van der Waals surface area (Å²) >= 11 is 5.96. The third kappa shape index (κ3) is 4.78. The van der Waals surface area contributed by atoms with Crippen LogP contribution in [0.4, 0.5) is 0 Å². The lowest BCUT2D eigenvalue weighted by Gasteiger charge is -2.26. The fourth-order valence-electron chi connectivity index (χ4n) is 1.74. The highest BCUT2D eigenvalue weighted by Gasteiger charge is 2.27. The summed E-state index contributed by atoms with van der Waals surface area (Å²) in [6, 6.07) is 6.83. The van der Waals surface area contributed by atoms with Gasteiger partial charge in [-0.25, -0.2) is 0 Å². The Bertz CT molecular complexity index is 457. The predicted molar refractivity (Wildman–Crippen MR) is 81.6 cm³/mol. The van der Waals surface area contributed by atoms with Crippen LogP contribution in [0.1, 0.15) is 32.4 Å². The minimum Gasteiger partial charge on any atom is -0.375 e. The summed E-state index contributed by atoms with van der Waals surface area (Å²) in [5, 5.41) is 3.47. The molecule has 0 aliphatic heterocycles. The molecule has 0 fully saturated rings. The summed E-state index contributed by atoms with van der Waals surface area (Å²) in [4.78, 5) is 12.0. The Morgan fingerprint density at radius 3 is 2.60 bits per heavy atom. The second kappa shape index (κ2) is 7.07. The molecule has 1 amide bonds. The van der Waals surface area contributed by atoms with E-state index in [-0.39, 0.29) is 17.4 Å². The molecule has 1 rings (SSSR count). The number of nitrogens with one attached hydrogen (secondary N) is 1. The summed E-state index contributed by atoms with van der Waals surface area (Å²) < 4.78 is 5.39. The molecule has 0 spiro atoms. The van der Waals surface area contributed by atoms with Crippen LogP contribution in [-0.4, -0.2) is 25.6 Å². The molecule has 0 aliphatic carbocycles. The van der Waals surface area contributed by atoms with Crippen molar-refractivity contribution in [3.05, 3.63) is 34.9 Å².